The minimum atomic E-state index is -0.589. The Morgan fingerprint density at radius 1 is 1.26 bits per heavy atom. The molecule has 0 bridgehead atoms. The molecule has 10 heteroatoms. The number of hydrogen-bond acceptors (Lipinski definition) is 5. The molecule has 1 aliphatic heterocycles. The van der Waals surface area contributed by atoms with Gasteiger partial charge in [0.1, 0.15) is 18.2 Å². The summed E-state index contributed by atoms with van der Waals surface area (Å²) in [5, 5.41) is 6.91. The molecule has 1 aliphatic rings. The number of likely N-dealkylation sites (tertiary alicyclic amines) is 1. The molecular formula is C24H25ClFN5O3. The first-order valence-electron chi connectivity index (χ1n) is 10.9. The second kappa shape index (κ2) is 10.2. The molecule has 34 heavy (non-hydrogen) atoms. The summed E-state index contributed by atoms with van der Waals surface area (Å²) < 4.78 is 21.2. The lowest BCUT2D eigenvalue weighted by Gasteiger charge is -2.22. The third-order valence-electron chi connectivity index (χ3n) is 5.84. The monoisotopic (exact) mass is 485 g/mol. The Balaban J connectivity index is 1.52. The Hall–Kier alpha value is -3.43. The number of halogens is 2. The third-order valence-corrected chi connectivity index (χ3v) is 6.13. The van der Waals surface area contributed by atoms with E-state index in [0.717, 1.165) is 36.7 Å². The Kier molecular flexibility index (Phi) is 7.14. The standard InChI is InChI=1S/C24H25ClFN5O3/c1-30-20(8-9-28-30)17-14-16(29-24(33)15-4-6-19(26)18(25)13-15)5-7-22(17)34-12-11-31-10-2-3-21(31)23(27)32/h4-9,13-14,21H,2-3,10-12H2,1H3,(H2,27,32)(H,29,33)/t21-/m1/s1. The highest BCUT2D eigenvalue weighted by molar-refractivity contribution is 6.31. The summed E-state index contributed by atoms with van der Waals surface area (Å²) >= 11 is 5.80. The molecule has 0 aliphatic carbocycles. The lowest BCUT2D eigenvalue weighted by Crippen LogP contribution is -2.42. The molecule has 178 valence electrons. The van der Waals surface area contributed by atoms with Crippen molar-refractivity contribution >= 4 is 29.1 Å². The third kappa shape index (κ3) is 5.21. The number of primary amides is 1. The van der Waals surface area contributed by atoms with Crippen LogP contribution in [-0.4, -0.2) is 52.2 Å². The molecule has 1 saturated heterocycles. The van der Waals surface area contributed by atoms with Crippen LogP contribution in [-0.2, 0) is 11.8 Å². The SMILES string of the molecule is Cn1nccc1-c1cc(NC(=O)c2ccc(F)c(Cl)c2)ccc1OCCN1CCC[C@@H]1C(N)=O. The van der Waals surface area contributed by atoms with Crippen LogP contribution in [0, 0.1) is 5.82 Å². The predicted octanol–water partition coefficient (Wildman–Crippen LogP) is 3.46. The number of ether oxygens (including phenoxy) is 1. The van der Waals surface area contributed by atoms with Gasteiger partial charge in [0.05, 0.1) is 16.8 Å². The second-order valence-electron chi connectivity index (χ2n) is 8.08. The number of aryl methyl sites for hydroxylation is 1. The van der Waals surface area contributed by atoms with Gasteiger partial charge in [-0.1, -0.05) is 11.6 Å². The van der Waals surface area contributed by atoms with Gasteiger partial charge in [-0.25, -0.2) is 4.39 Å². The predicted molar refractivity (Wildman–Crippen MR) is 127 cm³/mol. The summed E-state index contributed by atoms with van der Waals surface area (Å²) in [6.45, 7) is 1.75. The van der Waals surface area contributed by atoms with Gasteiger partial charge in [0.15, 0.2) is 0 Å². The van der Waals surface area contributed by atoms with Crippen LogP contribution < -0.4 is 15.8 Å². The van der Waals surface area contributed by atoms with Gasteiger partial charge >= 0.3 is 0 Å². The number of nitrogens with one attached hydrogen (secondary N) is 1. The zero-order valence-corrected chi connectivity index (χ0v) is 19.4. The van der Waals surface area contributed by atoms with Crippen LogP contribution in [0.25, 0.3) is 11.3 Å². The lowest BCUT2D eigenvalue weighted by atomic mass is 10.1. The lowest BCUT2D eigenvalue weighted by molar-refractivity contribution is -0.122. The summed E-state index contributed by atoms with van der Waals surface area (Å²) in [6, 6.07) is 10.7. The summed E-state index contributed by atoms with van der Waals surface area (Å²) in [7, 11) is 1.81. The second-order valence-corrected chi connectivity index (χ2v) is 8.49. The summed E-state index contributed by atoms with van der Waals surface area (Å²) in [6.07, 6.45) is 3.37. The van der Waals surface area contributed by atoms with Gasteiger partial charge in [-0.2, -0.15) is 5.10 Å². The molecule has 0 radical (unpaired) electrons. The van der Waals surface area contributed by atoms with E-state index in [-0.39, 0.29) is 22.5 Å². The maximum absolute atomic E-state index is 13.4. The summed E-state index contributed by atoms with van der Waals surface area (Å²) in [4.78, 5) is 26.3. The number of amides is 2. The number of carbonyl (C=O) groups excluding carboxylic acids is 2. The topological polar surface area (TPSA) is 102 Å². The number of nitrogens with zero attached hydrogens (tertiary/aromatic N) is 3. The molecule has 0 spiro atoms. The van der Waals surface area contributed by atoms with Crippen molar-refractivity contribution in [1.82, 2.24) is 14.7 Å². The Labute approximate surface area is 201 Å². The highest BCUT2D eigenvalue weighted by Gasteiger charge is 2.28. The molecule has 1 fully saturated rings. The minimum absolute atomic E-state index is 0.122. The van der Waals surface area contributed by atoms with Crippen molar-refractivity contribution < 1.29 is 18.7 Å². The maximum Gasteiger partial charge on any atom is 0.255 e. The van der Waals surface area contributed by atoms with E-state index in [1.807, 2.05) is 18.0 Å². The van der Waals surface area contributed by atoms with E-state index in [0.29, 0.717) is 24.6 Å². The van der Waals surface area contributed by atoms with Crippen molar-refractivity contribution in [2.24, 2.45) is 12.8 Å². The number of carbonyl (C=O) groups is 2. The minimum Gasteiger partial charge on any atom is -0.492 e. The van der Waals surface area contributed by atoms with Crippen LogP contribution in [0.4, 0.5) is 10.1 Å². The van der Waals surface area contributed by atoms with Crippen LogP contribution in [0.1, 0.15) is 23.2 Å². The number of hydrogen-bond donors (Lipinski definition) is 2. The van der Waals surface area contributed by atoms with Crippen molar-refractivity contribution in [2.75, 3.05) is 25.0 Å². The molecule has 0 unspecified atom stereocenters. The number of anilines is 1. The zero-order valence-electron chi connectivity index (χ0n) is 18.6. The van der Waals surface area contributed by atoms with Crippen molar-refractivity contribution in [1.29, 1.82) is 0 Å². The number of aromatic nitrogens is 2. The summed E-state index contributed by atoms with van der Waals surface area (Å²) in [5.41, 5.74) is 7.80. The largest absolute Gasteiger partial charge is 0.492 e. The number of rotatable bonds is 8. The van der Waals surface area contributed by atoms with E-state index in [4.69, 9.17) is 22.1 Å². The average molecular weight is 486 g/mol. The Bertz CT molecular complexity index is 1220. The van der Waals surface area contributed by atoms with E-state index < -0.39 is 11.7 Å². The quantitative estimate of drug-likeness (QED) is 0.508. The van der Waals surface area contributed by atoms with Crippen LogP contribution in [0.2, 0.25) is 5.02 Å². The smallest absolute Gasteiger partial charge is 0.255 e. The van der Waals surface area contributed by atoms with E-state index in [9.17, 15) is 14.0 Å². The molecule has 3 N–H and O–H groups in total. The highest BCUT2D eigenvalue weighted by Crippen LogP contribution is 2.33. The molecule has 2 amide bonds. The van der Waals surface area contributed by atoms with Crippen LogP contribution in [0.15, 0.2) is 48.7 Å². The molecule has 0 saturated carbocycles. The molecule has 2 aromatic carbocycles. The van der Waals surface area contributed by atoms with Gasteiger partial charge in [-0.3, -0.25) is 19.2 Å². The van der Waals surface area contributed by atoms with Gasteiger partial charge in [-0.05, 0) is 61.9 Å². The van der Waals surface area contributed by atoms with E-state index >= 15 is 0 Å². The van der Waals surface area contributed by atoms with E-state index in [2.05, 4.69) is 10.4 Å². The van der Waals surface area contributed by atoms with Crippen molar-refractivity contribution in [3.8, 4) is 17.0 Å². The van der Waals surface area contributed by atoms with Gasteiger partial charge in [0, 0.05) is 36.6 Å². The number of nitrogens with two attached hydrogens (primary N) is 1. The van der Waals surface area contributed by atoms with Gasteiger partial charge in [-0.15, -0.1) is 0 Å². The molecule has 1 aromatic heterocycles. The number of benzene rings is 2. The van der Waals surface area contributed by atoms with Crippen LogP contribution in [0.5, 0.6) is 5.75 Å². The summed E-state index contributed by atoms with van der Waals surface area (Å²) in [5.74, 6) is -0.704. The molecule has 4 rings (SSSR count). The zero-order chi connectivity index (χ0) is 24.2. The Morgan fingerprint density at radius 3 is 2.79 bits per heavy atom. The Morgan fingerprint density at radius 2 is 2.09 bits per heavy atom. The van der Waals surface area contributed by atoms with Crippen LogP contribution in [0.3, 0.4) is 0 Å². The fourth-order valence-corrected chi connectivity index (χ4v) is 4.28. The van der Waals surface area contributed by atoms with E-state index in [1.165, 1.54) is 12.1 Å². The first-order valence-corrected chi connectivity index (χ1v) is 11.3. The van der Waals surface area contributed by atoms with Crippen LogP contribution >= 0.6 is 11.6 Å². The van der Waals surface area contributed by atoms with Crippen molar-refractivity contribution in [3.05, 3.63) is 65.1 Å². The van der Waals surface area contributed by atoms with Crippen molar-refractivity contribution in [2.45, 2.75) is 18.9 Å². The average Bonchev–Trinajstić information content (AvgIpc) is 3.45. The first-order chi connectivity index (χ1) is 16.3. The van der Waals surface area contributed by atoms with Gasteiger partial charge in [0.2, 0.25) is 5.91 Å². The maximum atomic E-state index is 13.4. The molecule has 3 aromatic rings. The van der Waals surface area contributed by atoms with Gasteiger partial charge < -0.3 is 15.8 Å². The normalized spacial score (nSPS) is 15.9. The van der Waals surface area contributed by atoms with Gasteiger partial charge in [0.25, 0.3) is 5.91 Å². The van der Waals surface area contributed by atoms with Crippen molar-refractivity contribution in [3.63, 3.8) is 0 Å². The molecular weight excluding hydrogens is 461 g/mol. The fraction of sp³-hybridized carbons (Fsp3) is 0.292. The first kappa shape index (κ1) is 23.7. The van der Waals surface area contributed by atoms with E-state index in [1.54, 1.807) is 29.1 Å². The highest BCUT2D eigenvalue weighted by atomic mass is 35.5. The fourth-order valence-electron chi connectivity index (χ4n) is 4.10. The molecule has 1 atom stereocenters. The molecule has 2 heterocycles. The molecule has 8 nitrogen and oxygen atoms in total.